The Morgan fingerprint density at radius 1 is 0.658 bits per heavy atom. The highest BCUT2D eigenvalue weighted by Crippen LogP contribution is 2.41. The molecule has 0 fully saturated rings. The van der Waals surface area contributed by atoms with Crippen molar-refractivity contribution >= 4 is 67.0 Å². The van der Waals surface area contributed by atoms with Crippen molar-refractivity contribution in [1.82, 2.24) is 4.98 Å². The number of ketones is 2. The minimum Gasteiger partial charge on any atom is -0.288 e. The summed E-state index contributed by atoms with van der Waals surface area (Å²) in [7, 11) is 0. The number of carbonyl (C=O) groups excluding carboxylic acids is 2. The van der Waals surface area contributed by atoms with Crippen molar-refractivity contribution in [2.45, 2.75) is 0 Å². The summed E-state index contributed by atoms with van der Waals surface area (Å²) in [6.45, 7) is 0. The Bertz CT molecular complexity index is 1860. The van der Waals surface area contributed by atoms with Crippen LogP contribution in [0.2, 0.25) is 0 Å². The lowest BCUT2D eigenvalue weighted by atomic mass is 10.0. The Kier molecular flexibility index (Phi) is 5.23. The summed E-state index contributed by atoms with van der Waals surface area (Å²) in [5.74, 6) is 0.380. The number of anilines is 3. The molecule has 4 aromatic carbocycles. The molecule has 6 aromatic rings. The van der Waals surface area contributed by atoms with Gasteiger partial charge in [-0.1, -0.05) is 66.7 Å². The van der Waals surface area contributed by atoms with Gasteiger partial charge in [0.1, 0.15) is 10.8 Å². The van der Waals surface area contributed by atoms with Crippen molar-refractivity contribution in [1.29, 1.82) is 0 Å². The van der Waals surface area contributed by atoms with Crippen LogP contribution in [-0.2, 0) is 0 Å². The zero-order valence-electron chi connectivity index (χ0n) is 20.2. The highest BCUT2D eigenvalue weighted by atomic mass is 32.1. The molecule has 0 radical (unpaired) electrons. The van der Waals surface area contributed by atoms with E-state index in [1.54, 1.807) is 6.08 Å². The van der Waals surface area contributed by atoms with Crippen LogP contribution in [0.5, 0.6) is 0 Å². The lowest BCUT2D eigenvalue weighted by molar-refractivity contribution is 0.0990. The SMILES string of the molecule is O=C1C(=Cc2ccc(N(c3ccccc3)c3nccc4ccccc34)s2)C(=O)c2cc3ccccc3cc21. The van der Waals surface area contributed by atoms with Gasteiger partial charge in [-0.25, -0.2) is 4.98 Å². The second kappa shape index (κ2) is 8.91. The van der Waals surface area contributed by atoms with Crippen molar-refractivity contribution in [3.63, 3.8) is 0 Å². The number of benzene rings is 4. The van der Waals surface area contributed by atoms with Gasteiger partial charge in [-0.2, -0.15) is 0 Å². The van der Waals surface area contributed by atoms with Gasteiger partial charge in [-0.05, 0) is 64.7 Å². The Balaban J connectivity index is 1.32. The highest BCUT2D eigenvalue weighted by molar-refractivity contribution is 7.17. The van der Waals surface area contributed by atoms with Gasteiger partial charge in [-0.3, -0.25) is 14.5 Å². The van der Waals surface area contributed by atoms with Crippen molar-refractivity contribution in [3.05, 3.63) is 137 Å². The van der Waals surface area contributed by atoms with Crippen LogP contribution in [0.15, 0.2) is 121 Å². The summed E-state index contributed by atoms with van der Waals surface area (Å²) >= 11 is 1.52. The van der Waals surface area contributed by atoms with Crippen LogP contribution in [0.4, 0.5) is 16.5 Å². The van der Waals surface area contributed by atoms with Crippen LogP contribution < -0.4 is 4.90 Å². The van der Waals surface area contributed by atoms with Crippen LogP contribution in [0.3, 0.4) is 0 Å². The number of nitrogens with zero attached hydrogens (tertiary/aromatic N) is 2. The van der Waals surface area contributed by atoms with Crippen LogP contribution in [-0.4, -0.2) is 16.6 Å². The van der Waals surface area contributed by atoms with E-state index in [9.17, 15) is 9.59 Å². The lowest BCUT2D eigenvalue weighted by Gasteiger charge is -2.23. The van der Waals surface area contributed by atoms with E-state index < -0.39 is 0 Å². The monoisotopic (exact) mass is 508 g/mol. The summed E-state index contributed by atoms with van der Waals surface area (Å²) in [4.78, 5) is 34.3. The molecule has 5 heteroatoms. The third kappa shape index (κ3) is 3.64. The number of para-hydroxylation sites is 1. The number of fused-ring (bicyclic) bond motifs is 3. The third-order valence-electron chi connectivity index (χ3n) is 6.86. The number of carbonyl (C=O) groups is 2. The molecule has 7 rings (SSSR count). The first-order chi connectivity index (χ1) is 18.7. The number of pyridine rings is 1. The Labute approximate surface area is 223 Å². The number of hydrogen-bond donors (Lipinski definition) is 0. The van der Waals surface area contributed by atoms with Gasteiger partial charge in [0.25, 0.3) is 0 Å². The molecule has 0 saturated heterocycles. The van der Waals surface area contributed by atoms with Crippen molar-refractivity contribution in [2.75, 3.05) is 4.90 Å². The molecule has 0 atom stereocenters. The standard InChI is InChI=1S/C33H20N2O2S/c36-31-27-18-22-9-4-5-10-23(22)19-28(27)32(37)29(31)20-25-14-15-30(38-25)35(24-11-2-1-3-12-24)33-26-13-7-6-8-21(26)16-17-34-33/h1-20H. The minimum atomic E-state index is -0.221. The molecule has 0 N–H and O–H groups in total. The molecule has 0 saturated carbocycles. The number of rotatable bonds is 4. The molecular weight excluding hydrogens is 488 g/mol. The second-order valence-corrected chi connectivity index (χ2v) is 10.3. The van der Waals surface area contributed by atoms with Crippen LogP contribution >= 0.6 is 11.3 Å². The maximum atomic E-state index is 13.3. The van der Waals surface area contributed by atoms with Crippen molar-refractivity contribution in [3.8, 4) is 0 Å². The topological polar surface area (TPSA) is 50.3 Å². The maximum Gasteiger partial charge on any atom is 0.197 e. The molecule has 2 heterocycles. The zero-order valence-corrected chi connectivity index (χ0v) is 21.0. The van der Waals surface area contributed by atoms with Gasteiger partial charge in [0.15, 0.2) is 11.6 Å². The van der Waals surface area contributed by atoms with Crippen molar-refractivity contribution in [2.24, 2.45) is 0 Å². The predicted molar refractivity (Wildman–Crippen MR) is 155 cm³/mol. The van der Waals surface area contributed by atoms with Gasteiger partial charge in [0.05, 0.1) is 5.57 Å². The van der Waals surface area contributed by atoms with Crippen molar-refractivity contribution < 1.29 is 9.59 Å². The fraction of sp³-hybridized carbons (Fsp3) is 0. The number of hydrogen-bond acceptors (Lipinski definition) is 5. The predicted octanol–water partition coefficient (Wildman–Crippen LogP) is 8.38. The maximum absolute atomic E-state index is 13.3. The van der Waals surface area contributed by atoms with E-state index >= 15 is 0 Å². The largest absolute Gasteiger partial charge is 0.288 e. The molecule has 38 heavy (non-hydrogen) atoms. The third-order valence-corrected chi connectivity index (χ3v) is 7.88. The quantitative estimate of drug-likeness (QED) is 0.177. The molecule has 0 bridgehead atoms. The first kappa shape index (κ1) is 22.3. The Hall–Kier alpha value is -4.87. The van der Waals surface area contributed by atoms with Crippen LogP contribution in [0, 0.1) is 0 Å². The van der Waals surface area contributed by atoms with E-state index in [-0.39, 0.29) is 17.1 Å². The average molecular weight is 509 g/mol. The van der Waals surface area contributed by atoms with E-state index in [0.717, 1.165) is 42.9 Å². The molecule has 2 aromatic heterocycles. The summed E-state index contributed by atoms with van der Waals surface area (Å²) in [5.41, 5.74) is 2.13. The molecule has 1 aliphatic carbocycles. The number of Topliss-reactive ketones (excluding diaryl/α,β-unsaturated/α-hetero) is 2. The minimum absolute atomic E-state index is 0.207. The van der Waals surface area contributed by atoms with E-state index in [0.29, 0.717) is 11.1 Å². The van der Waals surface area contributed by atoms with Gasteiger partial charge < -0.3 is 0 Å². The van der Waals surface area contributed by atoms with Gasteiger partial charge in [0.2, 0.25) is 0 Å². The molecule has 0 unspecified atom stereocenters. The first-order valence-corrected chi connectivity index (χ1v) is 13.1. The van der Waals surface area contributed by atoms with E-state index in [2.05, 4.69) is 17.0 Å². The fourth-order valence-corrected chi connectivity index (χ4v) is 6.01. The number of allylic oxidation sites excluding steroid dienone is 1. The Morgan fingerprint density at radius 2 is 1.29 bits per heavy atom. The second-order valence-electron chi connectivity index (χ2n) is 9.16. The summed E-state index contributed by atoms with van der Waals surface area (Å²) < 4.78 is 0. The lowest BCUT2D eigenvalue weighted by Crippen LogP contribution is -2.10. The fourth-order valence-electron chi connectivity index (χ4n) is 5.04. The summed E-state index contributed by atoms with van der Waals surface area (Å²) in [6, 6.07) is 35.7. The van der Waals surface area contributed by atoms with Gasteiger partial charge in [0, 0.05) is 33.3 Å². The molecule has 0 amide bonds. The molecule has 180 valence electrons. The first-order valence-electron chi connectivity index (χ1n) is 12.3. The van der Waals surface area contributed by atoms with E-state index in [4.69, 9.17) is 4.98 Å². The number of aromatic nitrogens is 1. The van der Waals surface area contributed by atoms with Crippen LogP contribution in [0.1, 0.15) is 25.6 Å². The molecular formula is C33H20N2O2S. The van der Waals surface area contributed by atoms with Crippen LogP contribution in [0.25, 0.3) is 27.6 Å². The molecule has 0 aliphatic heterocycles. The number of thiophene rings is 1. The van der Waals surface area contributed by atoms with E-state index in [1.807, 2.05) is 103 Å². The highest BCUT2D eigenvalue weighted by Gasteiger charge is 2.33. The summed E-state index contributed by atoms with van der Waals surface area (Å²) in [6.07, 6.45) is 3.55. The zero-order chi connectivity index (χ0) is 25.6. The smallest absolute Gasteiger partial charge is 0.197 e. The van der Waals surface area contributed by atoms with Gasteiger partial charge >= 0.3 is 0 Å². The Morgan fingerprint density at radius 3 is 2.00 bits per heavy atom. The molecule has 0 spiro atoms. The normalized spacial score (nSPS) is 12.8. The molecule has 4 nitrogen and oxygen atoms in total. The average Bonchev–Trinajstić information content (AvgIpc) is 3.51. The molecule has 1 aliphatic rings. The van der Waals surface area contributed by atoms with E-state index in [1.165, 1.54) is 11.3 Å². The summed E-state index contributed by atoms with van der Waals surface area (Å²) in [5, 5.41) is 4.98. The van der Waals surface area contributed by atoms with Gasteiger partial charge in [-0.15, -0.1) is 11.3 Å².